The average molecular weight is 309 g/mol. The van der Waals surface area contributed by atoms with Crippen LogP contribution in [0.2, 0.25) is 0 Å². The van der Waals surface area contributed by atoms with E-state index in [-0.39, 0.29) is 5.82 Å². The second-order valence-electron chi connectivity index (χ2n) is 6.34. The largest absolute Gasteiger partial charge is 0.327 e. The number of aromatic nitrogens is 2. The Labute approximate surface area is 130 Å². The van der Waals surface area contributed by atoms with Crippen LogP contribution >= 0.6 is 11.6 Å². The van der Waals surface area contributed by atoms with Gasteiger partial charge in [-0.05, 0) is 30.4 Å². The van der Waals surface area contributed by atoms with Gasteiger partial charge in [0.05, 0.1) is 11.4 Å². The zero-order valence-corrected chi connectivity index (χ0v) is 13.2. The van der Waals surface area contributed by atoms with Gasteiger partial charge >= 0.3 is 0 Å². The first-order chi connectivity index (χ1) is 10.2. The summed E-state index contributed by atoms with van der Waals surface area (Å²) in [5.74, 6) is 2.51. The molecule has 1 fully saturated rings. The standard InChI is InChI=1S/C17H22ClFN2/c1-12-5-7-13(8-6-12)9-10-21-15-4-2-3-14(19)17(15)20-16(21)11-18/h2-4,12-13H,5-11H2,1H3. The summed E-state index contributed by atoms with van der Waals surface area (Å²) in [7, 11) is 0. The molecule has 1 aliphatic rings. The van der Waals surface area contributed by atoms with Crippen LogP contribution in [0.4, 0.5) is 4.39 Å². The van der Waals surface area contributed by atoms with Crippen molar-refractivity contribution in [3.63, 3.8) is 0 Å². The number of halogens is 2. The number of nitrogens with zero attached hydrogens (tertiary/aromatic N) is 2. The van der Waals surface area contributed by atoms with Gasteiger partial charge in [0, 0.05) is 6.54 Å². The van der Waals surface area contributed by atoms with Crippen molar-refractivity contribution in [1.82, 2.24) is 9.55 Å². The number of rotatable bonds is 4. The first-order valence-electron chi connectivity index (χ1n) is 7.88. The highest BCUT2D eigenvalue weighted by Crippen LogP contribution is 2.31. The Morgan fingerprint density at radius 3 is 2.76 bits per heavy atom. The number of imidazole rings is 1. The molecule has 1 heterocycles. The van der Waals surface area contributed by atoms with Gasteiger partial charge in [0.2, 0.25) is 0 Å². The number of hydrogen-bond donors (Lipinski definition) is 0. The lowest BCUT2D eigenvalue weighted by atomic mass is 9.81. The molecule has 1 saturated carbocycles. The fraction of sp³-hybridized carbons (Fsp3) is 0.588. The van der Waals surface area contributed by atoms with Crippen LogP contribution in [0.3, 0.4) is 0 Å². The van der Waals surface area contributed by atoms with E-state index in [1.54, 1.807) is 6.07 Å². The molecule has 0 amide bonds. The van der Waals surface area contributed by atoms with Crippen LogP contribution in [-0.2, 0) is 12.4 Å². The normalized spacial score (nSPS) is 22.8. The van der Waals surface area contributed by atoms with Crippen LogP contribution in [0.25, 0.3) is 11.0 Å². The molecular weight excluding hydrogens is 287 g/mol. The molecule has 0 atom stereocenters. The summed E-state index contributed by atoms with van der Waals surface area (Å²) >= 11 is 5.99. The maximum atomic E-state index is 13.8. The summed E-state index contributed by atoms with van der Waals surface area (Å²) in [6, 6.07) is 5.14. The predicted octanol–water partition coefficient (Wildman–Crippen LogP) is 5.13. The van der Waals surface area contributed by atoms with Crippen molar-refractivity contribution in [2.75, 3.05) is 0 Å². The molecule has 4 heteroatoms. The van der Waals surface area contributed by atoms with Crippen LogP contribution < -0.4 is 0 Å². The third-order valence-electron chi connectivity index (χ3n) is 4.82. The highest BCUT2D eigenvalue weighted by Gasteiger charge is 2.19. The molecule has 1 aromatic carbocycles. The van der Waals surface area contributed by atoms with Gasteiger partial charge in [-0.1, -0.05) is 38.7 Å². The highest BCUT2D eigenvalue weighted by atomic mass is 35.5. The minimum Gasteiger partial charge on any atom is -0.327 e. The summed E-state index contributed by atoms with van der Waals surface area (Å²) in [5, 5.41) is 0. The summed E-state index contributed by atoms with van der Waals surface area (Å²) in [6.45, 7) is 3.23. The van der Waals surface area contributed by atoms with E-state index in [4.69, 9.17) is 11.6 Å². The topological polar surface area (TPSA) is 17.8 Å². The molecule has 0 aliphatic heterocycles. The second-order valence-corrected chi connectivity index (χ2v) is 6.60. The van der Waals surface area contributed by atoms with Gasteiger partial charge in [-0.3, -0.25) is 0 Å². The van der Waals surface area contributed by atoms with E-state index in [0.717, 1.165) is 36.1 Å². The van der Waals surface area contributed by atoms with Crippen molar-refractivity contribution >= 4 is 22.6 Å². The van der Waals surface area contributed by atoms with Crippen LogP contribution in [0, 0.1) is 17.7 Å². The van der Waals surface area contributed by atoms with E-state index in [1.165, 1.54) is 31.7 Å². The van der Waals surface area contributed by atoms with E-state index in [9.17, 15) is 4.39 Å². The van der Waals surface area contributed by atoms with Gasteiger partial charge in [-0.2, -0.15) is 0 Å². The number of fused-ring (bicyclic) bond motifs is 1. The Morgan fingerprint density at radius 2 is 2.05 bits per heavy atom. The Balaban J connectivity index is 1.78. The maximum Gasteiger partial charge on any atom is 0.151 e. The molecule has 1 aromatic heterocycles. The molecule has 3 rings (SSSR count). The Morgan fingerprint density at radius 1 is 1.29 bits per heavy atom. The first kappa shape index (κ1) is 14.8. The third-order valence-corrected chi connectivity index (χ3v) is 5.06. The van der Waals surface area contributed by atoms with E-state index < -0.39 is 0 Å². The van der Waals surface area contributed by atoms with Crippen molar-refractivity contribution < 1.29 is 4.39 Å². The van der Waals surface area contributed by atoms with Crippen molar-refractivity contribution in [3.8, 4) is 0 Å². The molecule has 0 spiro atoms. The van der Waals surface area contributed by atoms with E-state index >= 15 is 0 Å². The molecular formula is C17H22ClFN2. The van der Waals surface area contributed by atoms with E-state index in [0.29, 0.717) is 11.4 Å². The molecule has 0 saturated heterocycles. The highest BCUT2D eigenvalue weighted by molar-refractivity contribution is 6.16. The smallest absolute Gasteiger partial charge is 0.151 e. The SMILES string of the molecule is CC1CCC(CCn2c(CCl)nc3c(F)cccc32)CC1. The Hall–Kier alpha value is -1.09. The molecule has 2 nitrogen and oxygen atoms in total. The molecule has 0 radical (unpaired) electrons. The zero-order chi connectivity index (χ0) is 14.8. The molecule has 21 heavy (non-hydrogen) atoms. The minimum absolute atomic E-state index is 0.260. The van der Waals surface area contributed by atoms with Crippen LogP contribution in [0.1, 0.15) is 44.9 Å². The maximum absolute atomic E-state index is 13.8. The first-order valence-corrected chi connectivity index (χ1v) is 8.42. The summed E-state index contributed by atoms with van der Waals surface area (Å²) in [6.07, 6.45) is 6.45. The number of para-hydroxylation sites is 1. The van der Waals surface area contributed by atoms with Gasteiger partial charge in [0.15, 0.2) is 5.82 Å². The quantitative estimate of drug-likeness (QED) is 0.716. The lowest BCUT2D eigenvalue weighted by molar-refractivity contribution is 0.269. The molecule has 2 aromatic rings. The van der Waals surface area contributed by atoms with Crippen molar-refractivity contribution in [1.29, 1.82) is 0 Å². The van der Waals surface area contributed by atoms with Crippen LogP contribution in [-0.4, -0.2) is 9.55 Å². The zero-order valence-electron chi connectivity index (χ0n) is 12.5. The Bertz CT molecular complexity index is 615. The number of hydrogen-bond acceptors (Lipinski definition) is 1. The van der Waals surface area contributed by atoms with Gasteiger partial charge < -0.3 is 4.57 Å². The number of alkyl halides is 1. The molecule has 0 N–H and O–H groups in total. The van der Waals surface area contributed by atoms with Crippen LogP contribution in [0.15, 0.2) is 18.2 Å². The van der Waals surface area contributed by atoms with E-state index in [1.807, 2.05) is 6.07 Å². The molecule has 1 aliphatic carbocycles. The van der Waals surface area contributed by atoms with Gasteiger partial charge in [-0.15, -0.1) is 11.6 Å². The van der Waals surface area contributed by atoms with Crippen molar-refractivity contribution in [2.24, 2.45) is 11.8 Å². The van der Waals surface area contributed by atoms with Crippen molar-refractivity contribution in [3.05, 3.63) is 29.8 Å². The lowest BCUT2D eigenvalue weighted by Crippen LogP contribution is -2.15. The summed E-state index contributed by atoms with van der Waals surface area (Å²) in [5.41, 5.74) is 1.32. The van der Waals surface area contributed by atoms with Gasteiger partial charge in [0.25, 0.3) is 0 Å². The second kappa shape index (κ2) is 6.35. The molecule has 114 valence electrons. The number of aryl methyl sites for hydroxylation is 1. The third kappa shape index (κ3) is 3.08. The van der Waals surface area contributed by atoms with Crippen LogP contribution in [0.5, 0.6) is 0 Å². The number of benzene rings is 1. The van der Waals surface area contributed by atoms with Crippen molar-refractivity contribution in [2.45, 2.75) is 51.5 Å². The lowest BCUT2D eigenvalue weighted by Gasteiger charge is -2.26. The minimum atomic E-state index is -0.260. The summed E-state index contributed by atoms with van der Waals surface area (Å²) < 4.78 is 15.9. The molecule has 0 unspecified atom stereocenters. The fourth-order valence-corrected chi connectivity index (χ4v) is 3.65. The fourth-order valence-electron chi connectivity index (χ4n) is 3.44. The van der Waals surface area contributed by atoms with Gasteiger partial charge in [0.1, 0.15) is 11.3 Å². The van der Waals surface area contributed by atoms with E-state index in [2.05, 4.69) is 16.5 Å². The predicted molar refractivity (Wildman–Crippen MR) is 85.0 cm³/mol. The monoisotopic (exact) mass is 308 g/mol. The average Bonchev–Trinajstić information content (AvgIpc) is 2.86. The molecule has 0 bridgehead atoms. The van der Waals surface area contributed by atoms with Gasteiger partial charge in [-0.25, -0.2) is 9.37 Å². The Kier molecular flexibility index (Phi) is 4.48. The summed E-state index contributed by atoms with van der Waals surface area (Å²) in [4.78, 5) is 4.36.